The van der Waals surface area contributed by atoms with Crippen LogP contribution in [-0.2, 0) is 4.74 Å². The number of ether oxygens (including phenoxy) is 3. The van der Waals surface area contributed by atoms with Crippen LogP contribution in [-0.4, -0.2) is 25.9 Å². The van der Waals surface area contributed by atoms with Gasteiger partial charge in [0, 0.05) is 12.7 Å². The Hall–Kier alpha value is -2.00. The molecule has 104 valence electrons. The molecule has 0 bridgehead atoms. The number of fused-ring (bicyclic) bond motifs is 1. The van der Waals surface area contributed by atoms with Crippen LogP contribution in [0.2, 0.25) is 0 Å². The highest BCUT2D eigenvalue weighted by Gasteiger charge is 2.21. The highest BCUT2D eigenvalue weighted by molar-refractivity contribution is 5.80. The van der Waals surface area contributed by atoms with E-state index >= 15 is 0 Å². The monoisotopic (exact) mass is 270 g/mol. The normalized spacial score (nSPS) is 24.2. The first-order valence-corrected chi connectivity index (χ1v) is 6.80. The maximum atomic E-state index is 5.96. The van der Waals surface area contributed by atoms with E-state index in [9.17, 15) is 0 Å². The van der Waals surface area contributed by atoms with Crippen LogP contribution in [0.3, 0.4) is 0 Å². The third-order valence-corrected chi connectivity index (χ3v) is 3.39. The van der Waals surface area contributed by atoms with Gasteiger partial charge in [0.05, 0.1) is 6.10 Å². The zero-order valence-electron chi connectivity index (χ0n) is 11.7. The summed E-state index contributed by atoms with van der Waals surface area (Å²) in [5.74, 6) is 1.62. The lowest BCUT2D eigenvalue weighted by Gasteiger charge is -2.26. The second-order valence-electron chi connectivity index (χ2n) is 4.94. The predicted octanol–water partition coefficient (Wildman–Crippen LogP) is 3.37. The van der Waals surface area contributed by atoms with E-state index in [0.29, 0.717) is 6.61 Å². The molecule has 3 heteroatoms. The minimum atomic E-state index is -0.0298. The number of benzene rings is 1. The lowest BCUT2D eigenvalue weighted by Crippen LogP contribution is -2.26. The molecule has 0 saturated carbocycles. The molecule has 0 radical (unpaired) electrons. The second-order valence-corrected chi connectivity index (χ2v) is 4.94. The van der Waals surface area contributed by atoms with Crippen LogP contribution in [0.15, 0.2) is 48.6 Å². The fraction of sp³-hybridized carbons (Fsp3) is 0.294. The van der Waals surface area contributed by atoms with Crippen molar-refractivity contribution >= 4 is 5.57 Å². The van der Waals surface area contributed by atoms with E-state index in [1.54, 1.807) is 7.11 Å². The van der Waals surface area contributed by atoms with Crippen molar-refractivity contribution in [2.45, 2.75) is 19.1 Å². The first kappa shape index (κ1) is 13.0. The molecule has 3 rings (SSSR count). The summed E-state index contributed by atoms with van der Waals surface area (Å²) in [5.41, 5.74) is 2.12. The van der Waals surface area contributed by atoms with E-state index in [-0.39, 0.29) is 12.2 Å². The molecule has 1 heterocycles. The molecule has 0 amide bonds. The summed E-state index contributed by atoms with van der Waals surface area (Å²) in [7, 11) is 1.70. The van der Waals surface area contributed by atoms with Crippen molar-refractivity contribution in [2.24, 2.45) is 0 Å². The fourth-order valence-electron chi connectivity index (χ4n) is 2.37. The summed E-state index contributed by atoms with van der Waals surface area (Å²) < 4.78 is 17.1. The molecule has 3 nitrogen and oxygen atoms in total. The van der Waals surface area contributed by atoms with Crippen LogP contribution in [0.5, 0.6) is 11.5 Å². The average Bonchev–Trinajstić information content (AvgIpc) is 2.72. The first-order valence-electron chi connectivity index (χ1n) is 6.80. The van der Waals surface area contributed by atoms with E-state index in [1.165, 1.54) is 0 Å². The van der Waals surface area contributed by atoms with Gasteiger partial charge in [0.2, 0.25) is 0 Å². The minimum Gasteiger partial charge on any atom is -0.486 e. The highest BCUT2D eigenvalue weighted by Crippen LogP contribution is 2.39. The molecule has 0 fully saturated rings. The molecule has 1 aliphatic carbocycles. The first-order chi connectivity index (χ1) is 9.78. The summed E-state index contributed by atoms with van der Waals surface area (Å²) in [6.45, 7) is 2.60. The largest absolute Gasteiger partial charge is 0.486 e. The number of hydrogen-bond acceptors (Lipinski definition) is 3. The van der Waals surface area contributed by atoms with Gasteiger partial charge in [-0.25, -0.2) is 0 Å². The lowest BCUT2D eigenvalue weighted by atomic mass is 10.0. The SMILES string of the molecule is COC1C=CC=CC(c2cccc3c2OC(C)CO3)=C1. The number of allylic oxidation sites excluding steroid dienone is 4. The van der Waals surface area contributed by atoms with E-state index in [1.807, 2.05) is 37.3 Å². The van der Waals surface area contributed by atoms with Crippen LogP contribution in [0, 0.1) is 0 Å². The summed E-state index contributed by atoms with van der Waals surface area (Å²) in [6, 6.07) is 5.98. The quantitative estimate of drug-likeness (QED) is 0.824. The summed E-state index contributed by atoms with van der Waals surface area (Å²) in [4.78, 5) is 0. The molecule has 0 spiro atoms. The molecule has 1 aliphatic heterocycles. The smallest absolute Gasteiger partial charge is 0.169 e. The van der Waals surface area contributed by atoms with E-state index in [2.05, 4.69) is 18.2 Å². The molecule has 0 saturated heterocycles. The predicted molar refractivity (Wildman–Crippen MR) is 79.1 cm³/mol. The molecule has 0 N–H and O–H groups in total. The van der Waals surface area contributed by atoms with Crippen LogP contribution in [0.25, 0.3) is 5.57 Å². The molecule has 2 atom stereocenters. The van der Waals surface area contributed by atoms with E-state index in [0.717, 1.165) is 22.6 Å². The van der Waals surface area contributed by atoms with Gasteiger partial charge < -0.3 is 14.2 Å². The minimum absolute atomic E-state index is 0.0298. The van der Waals surface area contributed by atoms with Gasteiger partial charge in [-0.2, -0.15) is 0 Å². The topological polar surface area (TPSA) is 27.7 Å². The van der Waals surface area contributed by atoms with Crippen molar-refractivity contribution in [3.05, 3.63) is 54.1 Å². The van der Waals surface area contributed by atoms with Crippen molar-refractivity contribution in [3.8, 4) is 11.5 Å². The van der Waals surface area contributed by atoms with Gasteiger partial charge in [-0.3, -0.25) is 0 Å². The maximum absolute atomic E-state index is 5.96. The summed E-state index contributed by atoms with van der Waals surface area (Å²) >= 11 is 0. The Morgan fingerprint density at radius 1 is 1.25 bits per heavy atom. The van der Waals surface area contributed by atoms with Crippen molar-refractivity contribution in [2.75, 3.05) is 13.7 Å². The zero-order valence-corrected chi connectivity index (χ0v) is 11.7. The molecule has 2 aliphatic rings. The number of rotatable bonds is 2. The van der Waals surface area contributed by atoms with Crippen LogP contribution < -0.4 is 9.47 Å². The Labute approximate surface area is 119 Å². The van der Waals surface area contributed by atoms with Gasteiger partial charge in [0.25, 0.3) is 0 Å². The van der Waals surface area contributed by atoms with E-state index < -0.39 is 0 Å². The number of para-hydroxylation sites is 1. The van der Waals surface area contributed by atoms with Crippen molar-refractivity contribution in [1.29, 1.82) is 0 Å². The molecule has 20 heavy (non-hydrogen) atoms. The fourth-order valence-corrected chi connectivity index (χ4v) is 2.37. The maximum Gasteiger partial charge on any atom is 0.169 e. The molecule has 0 aromatic heterocycles. The standard InChI is InChI=1S/C17H18O3/c1-12-11-19-16-9-5-8-15(17(16)20-12)13-6-3-4-7-14(10-13)18-2/h3-10,12,14H,11H2,1-2H3. The van der Waals surface area contributed by atoms with Crippen LogP contribution >= 0.6 is 0 Å². The molecule has 1 aromatic carbocycles. The third-order valence-electron chi connectivity index (χ3n) is 3.39. The zero-order chi connectivity index (χ0) is 13.9. The highest BCUT2D eigenvalue weighted by atomic mass is 16.6. The Bertz CT molecular complexity index is 584. The van der Waals surface area contributed by atoms with Crippen molar-refractivity contribution in [1.82, 2.24) is 0 Å². The molecular formula is C17H18O3. The summed E-state index contributed by atoms with van der Waals surface area (Å²) in [6.07, 6.45) is 10.2. The summed E-state index contributed by atoms with van der Waals surface area (Å²) in [5, 5.41) is 0. The molecule has 2 unspecified atom stereocenters. The Morgan fingerprint density at radius 2 is 2.15 bits per heavy atom. The average molecular weight is 270 g/mol. The Kier molecular flexibility index (Phi) is 3.61. The molecular weight excluding hydrogens is 252 g/mol. The van der Waals surface area contributed by atoms with Crippen LogP contribution in [0.4, 0.5) is 0 Å². The second kappa shape index (κ2) is 5.55. The van der Waals surface area contributed by atoms with Gasteiger partial charge in [-0.1, -0.05) is 36.4 Å². The van der Waals surface area contributed by atoms with Gasteiger partial charge in [-0.15, -0.1) is 0 Å². The lowest BCUT2D eigenvalue weighted by molar-refractivity contribution is 0.104. The van der Waals surface area contributed by atoms with Crippen molar-refractivity contribution in [3.63, 3.8) is 0 Å². The van der Waals surface area contributed by atoms with Crippen molar-refractivity contribution < 1.29 is 14.2 Å². The van der Waals surface area contributed by atoms with Gasteiger partial charge in [0.15, 0.2) is 11.5 Å². The van der Waals surface area contributed by atoms with Crippen LogP contribution in [0.1, 0.15) is 12.5 Å². The van der Waals surface area contributed by atoms with Gasteiger partial charge in [0.1, 0.15) is 12.7 Å². The van der Waals surface area contributed by atoms with E-state index in [4.69, 9.17) is 14.2 Å². The number of hydrogen-bond donors (Lipinski definition) is 0. The third kappa shape index (κ3) is 2.49. The van der Waals surface area contributed by atoms with Gasteiger partial charge >= 0.3 is 0 Å². The molecule has 1 aromatic rings. The Morgan fingerprint density at radius 3 is 3.00 bits per heavy atom. The Balaban J connectivity index is 2.04. The van der Waals surface area contributed by atoms with Gasteiger partial charge in [-0.05, 0) is 24.6 Å². The number of methoxy groups -OCH3 is 1.